The topological polar surface area (TPSA) is 26.3 Å². The Morgan fingerprint density at radius 2 is 1.26 bits per heavy atom. The van der Waals surface area contributed by atoms with Gasteiger partial charge in [0.25, 0.3) is 14.3 Å². The predicted molar refractivity (Wildman–Crippen MR) is 105 cm³/mol. The third kappa shape index (κ3) is 12.1. The van der Waals surface area contributed by atoms with Crippen LogP contribution in [-0.4, -0.2) is 20.2 Å². The van der Waals surface area contributed by atoms with Crippen LogP contribution in [-0.2, 0) is 9.22 Å². The molecule has 0 atom stereocenters. The number of carbonyl (C=O) groups is 1. The molecule has 0 saturated carbocycles. The highest BCUT2D eigenvalue weighted by Gasteiger charge is 2.37. The van der Waals surface area contributed by atoms with Gasteiger partial charge in [-0.05, 0) is 42.3 Å². The summed E-state index contributed by atoms with van der Waals surface area (Å²) in [7, 11) is -1.99. The van der Waals surface area contributed by atoms with Crippen LogP contribution in [0.5, 0.6) is 0 Å². The number of hydrogen-bond acceptors (Lipinski definition) is 2. The fourth-order valence-electron chi connectivity index (χ4n) is 2.69. The van der Waals surface area contributed by atoms with Gasteiger partial charge in [-0.15, -0.1) is 11.6 Å². The minimum absolute atomic E-state index is 0.00594. The van der Waals surface area contributed by atoms with E-state index >= 15 is 0 Å². The Balaban J connectivity index is 5.03. The molecule has 0 aromatic carbocycles. The molecule has 2 nitrogen and oxygen atoms in total. The van der Waals surface area contributed by atoms with E-state index in [-0.39, 0.29) is 5.97 Å². The number of rotatable bonds is 13. The summed E-state index contributed by atoms with van der Waals surface area (Å²) in [5.41, 5.74) is 0. The lowest BCUT2D eigenvalue weighted by atomic mass is 10.2. The standard InChI is InChI=1S/C19H39ClO2Si/c1-16(2)9-13-23(14-10-17(3)4,15-11-18(5)6)22-19(21)8-7-12-20/h16-18H,7-15H2,1-6H3. The molecular formula is C19H39ClO2Si. The highest BCUT2D eigenvalue weighted by Crippen LogP contribution is 2.32. The minimum Gasteiger partial charge on any atom is -0.519 e. The second kappa shape index (κ2) is 12.4. The summed E-state index contributed by atoms with van der Waals surface area (Å²) in [5.74, 6) is 2.53. The maximum atomic E-state index is 12.3. The molecule has 0 heterocycles. The molecule has 0 saturated heterocycles. The first-order valence-corrected chi connectivity index (χ1v) is 12.5. The zero-order chi connectivity index (χ0) is 17.9. The summed E-state index contributed by atoms with van der Waals surface area (Å²) in [6.45, 7) is 13.6. The van der Waals surface area contributed by atoms with Gasteiger partial charge in [-0.25, -0.2) is 0 Å². The second-order valence-electron chi connectivity index (χ2n) is 8.25. The van der Waals surface area contributed by atoms with Gasteiger partial charge in [0.15, 0.2) is 0 Å². The number of carbonyl (C=O) groups excluding carboxylic acids is 1. The Hall–Kier alpha value is -0.0231. The molecule has 0 radical (unpaired) electrons. The van der Waals surface area contributed by atoms with Crippen LogP contribution >= 0.6 is 11.6 Å². The molecule has 0 aliphatic carbocycles. The van der Waals surface area contributed by atoms with E-state index in [0.29, 0.717) is 30.1 Å². The highest BCUT2D eigenvalue weighted by molar-refractivity contribution is 6.75. The van der Waals surface area contributed by atoms with Gasteiger partial charge in [0, 0.05) is 12.3 Å². The van der Waals surface area contributed by atoms with Crippen molar-refractivity contribution in [2.24, 2.45) is 17.8 Å². The van der Waals surface area contributed by atoms with Crippen LogP contribution in [0.2, 0.25) is 18.1 Å². The van der Waals surface area contributed by atoms with Gasteiger partial charge in [-0.1, -0.05) is 60.8 Å². The van der Waals surface area contributed by atoms with Crippen LogP contribution in [0.4, 0.5) is 0 Å². The molecule has 0 N–H and O–H groups in total. The van der Waals surface area contributed by atoms with E-state index in [1.54, 1.807) is 0 Å². The highest BCUT2D eigenvalue weighted by atomic mass is 35.5. The van der Waals surface area contributed by atoms with Crippen molar-refractivity contribution in [3.8, 4) is 0 Å². The quantitative estimate of drug-likeness (QED) is 0.271. The summed E-state index contributed by atoms with van der Waals surface area (Å²) < 4.78 is 6.23. The average molecular weight is 363 g/mol. The zero-order valence-corrected chi connectivity index (χ0v) is 18.0. The first-order valence-electron chi connectivity index (χ1n) is 9.48. The van der Waals surface area contributed by atoms with Crippen molar-refractivity contribution in [1.29, 1.82) is 0 Å². The summed E-state index contributed by atoms with van der Waals surface area (Å²) >= 11 is 5.73. The normalized spacial score (nSPS) is 12.4. The molecule has 0 rings (SSSR count). The molecule has 0 spiro atoms. The zero-order valence-electron chi connectivity index (χ0n) is 16.3. The lowest BCUT2D eigenvalue weighted by molar-refractivity contribution is -0.135. The summed E-state index contributed by atoms with van der Waals surface area (Å²) in [4.78, 5) is 12.3. The molecule has 0 aliphatic rings. The van der Waals surface area contributed by atoms with Gasteiger partial charge in [0.1, 0.15) is 0 Å². The van der Waals surface area contributed by atoms with E-state index in [0.717, 1.165) is 24.6 Å². The monoisotopic (exact) mass is 362 g/mol. The first-order chi connectivity index (χ1) is 10.7. The van der Waals surface area contributed by atoms with E-state index in [1.807, 2.05) is 0 Å². The van der Waals surface area contributed by atoms with E-state index in [4.69, 9.17) is 16.0 Å². The maximum absolute atomic E-state index is 12.3. The molecule has 0 aliphatic heterocycles. The fraction of sp³-hybridized carbons (Fsp3) is 0.947. The molecule has 0 fully saturated rings. The van der Waals surface area contributed by atoms with Crippen LogP contribution in [0, 0.1) is 17.8 Å². The third-order valence-corrected chi connectivity index (χ3v) is 8.90. The van der Waals surface area contributed by atoms with E-state index in [2.05, 4.69) is 41.5 Å². The van der Waals surface area contributed by atoms with Crippen molar-refractivity contribution in [3.05, 3.63) is 0 Å². The predicted octanol–water partition coefficient (Wildman–Crippen LogP) is 6.63. The van der Waals surface area contributed by atoms with Crippen LogP contribution in [0.1, 0.15) is 73.6 Å². The lowest BCUT2D eigenvalue weighted by Gasteiger charge is -2.33. The van der Waals surface area contributed by atoms with Crippen molar-refractivity contribution < 1.29 is 9.22 Å². The van der Waals surface area contributed by atoms with Gasteiger partial charge in [-0.3, -0.25) is 4.79 Å². The van der Waals surface area contributed by atoms with Crippen molar-refractivity contribution >= 4 is 25.9 Å². The Kier molecular flexibility index (Phi) is 12.3. The summed E-state index contributed by atoms with van der Waals surface area (Å²) in [6.07, 6.45) is 4.72. The Labute approximate surface area is 150 Å². The molecule has 4 heteroatoms. The number of halogens is 1. The number of hydrogen-bond donors (Lipinski definition) is 0. The molecule has 0 unspecified atom stereocenters. The van der Waals surface area contributed by atoms with Crippen LogP contribution < -0.4 is 0 Å². The molecular weight excluding hydrogens is 324 g/mol. The molecule has 138 valence electrons. The SMILES string of the molecule is CC(C)CC[Si](CCC(C)C)(CCC(C)C)OC(=O)CCCCl. The van der Waals surface area contributed by atoms with Gasteiger partial charge in [0.05, 0.1) is 0 Å². The summed E-state index contributed by atoms with van der Waals surface area (Å²) in [5, 5.41) is 0. The number of alkyl halides is 1. The van der Waals surface area contributed by atoms with E-state index in [9.17, 15) is 4.79 Å². The van der Waals surface area contributed by atoms with Gasteiger partial charge >= 0.3 is 0 Å². The molecule has 0 bridgehead atoms. The Morgan fingerprint density at radius 1 is 0.870 bits per heavy atom. The van der Waals surface area contributed by atoms with Crippen molar-refractivity contribution in [2.75, 3.05) is 5.88 Å². The minimum atomic E-state index is -1.99. The summed E-state index contributed by atoms with van der Waals surface area (Å²) in [6, 6.07) is 3.37. The molecule has 0 aromatic rings. The van der Waals surface area contributed by atoms with Gasteiger partial charge in [-0.2, -0.15) is 0 Å². The fourth-order valence-corrected chi connectivity index (χ4v) is 7.77. The molecule has 0 amide bonds. The smallest absolute Gasteiger partial charge is 0.292 e. The van der Waals surface area contributed by atoms with Gasteiger partial charge in [0.2, 0.25) is 0 Å². The average Bonchev–Trinajstić information content (AvgIpc) is 2.46. The van der Waals surface area contributed by atoms with Crippen molar-refractivity contribution in [3.63, 3.8) is 0 Å². The molecule has 0 aromatic heterocycles. The van der Waals surface area contributed by atoms with Crippen LogP contribution in [0.3, 0.4) is 0 Å². The van der Waals surface area contributed by atoms with Crippen LogP contribution in [0.15, 0.2) is 0 Å². The second-order valence-corrected chi connectivity index (χ2v) is 12.7. The Morgan fingerprint density at radius 3 is 1.57 bits per heavy atom. The molecule has 23 heavy (non-hydrogen) atoms. The van der Waals surface area contributed by atoms with Crippen molar-refractivity contribution in [1.82, 2.24) is 0 Å². The first kappa shape index (κ1) is 23.0. The van der Waals surface area contributed by atoms with Crippen molar-refractivity contribution in [2.45, 2.75) is 91.8 Å². The van der Waals surface area contributed by atoms with Crippen LogP contribution in [0.25, 0.3) is 0 Å². The van der Waals surface area contributed by atoms with E-state index in [1.165, 1.54) is 19.3 Å². The largest absolute Gasteiger partial charge is 0.519 e. The van der Waals surface area contributed by atoms with E-state index < -0.39 is 8.32 Å². The Bertz CT molecular complexity index is 285. The van der Waals surface area contributed by atoms with Gasteiger partial charge < -0.3 is 4.43 Å². The lowest BCUT2D eigenvalue weighted by Crippen LogP contribution is -2.41. The third-order valence-electron chi connectivity index (χ3n) is 4.38. The maximum Gasteiger partial charge on any atom is 0.292 e.